The van der Waals surface area contributed by atoms with Crippen molar-refractivity contribution < 1.29 is 12.8 Å². The summed E-state index contributed by atoms with van der Waals surface area (Å²) in [5.74, 6) is 0. The maximum atomic E-state index is 7.84. The second-order valence-electron chi connectivity index (χ2n) is 5.44. The average molecular weight is 294 g/mol. The van der Waals surface area contributed by atoms with Gasteiger partial charge in [0.15, 0.2) is 6.20 Å². The summed E-state index contributed by atoms with van der Waals surface area (Å²) < 4.78 is 48.1. The summed E-state index contributed by atoms with van der Waals surface area (Å²) in [6.07, 6.45) is 1.62. The van der Waals surface area contributed by atoms with Crippen molar-refractivity contribution >= 4 is 0 Å². The number of rotatable bonds is 2. The molecule has 3 rings (SSSR count). The summed E-state index contributed by atoms with van der Waals surface area (Å²) in [6.45, 7) is -2.41. The number of pyridine rings is 1. The van der Waals surface area contributed by atoms with Gasteiger partial charge < -0.3 is 0 Å². The predicted octanol–water partition coefficient (Wildman–Crippen LogP) is 4.77. The van der Waals surface area contributed by atoms with E-state index in [9.17, 15) is 0 Å². The Morgan fingerprint density at radius 2 is 1.59 bits per heavy atom. The van der Waals surface area contributed by atoms with Crippen LogP contribution in [0.3, 0.4) is 0 Å². The van der Waals surface area contributed by atoms with Crippen LogP contribution in [0.2, 0.25) is 0 Å². The van der Waals surface area contributed by atoms with E-state index in [0.29, 0.717) is 11.1 Å². The van der Waals surface area contributed by atoms with Gasteiger partial charge in [0.1, 0.15) is 7.05 Å². The van der Waals surface area contributed by atoms with Gasteiger partial charge in [-0.15, -0.1) is 0 Å². The molecule has 110 valence electrons. The minimum absolute atomic E-state index is 0.278. The minimum atomic E-state index is -2.20. The van der Waals surface area contributed by atoms with Crippen LogP contribution in [-0.4, -0.2) is 0 Å². The zero-order valence-corrected chi connectivity index (χ0v) is 12.7. The van der Waals surface area contributed by atoms with Crippen LogP contribution in [0.1, 0.15) is 24.9 Å². The first-order valence-corrected chi connectivity index (χ1v) is 7.20. The molecule has 3 aromatic rings. The van der Waals surface area contributed by atoms with Crippen molar-refractivity contribution in [3.63, 3.8) is 0 Å². The van der Waals surface area contributed by atoms with Gasteiger partial charge in [-0.3, -0.25) is 0 Å². The standard InChI is InChI=1S/C21H22N/c1-15-12-13-21(22(4)14-15)20-11-7-10-19(17(20)3)18-9-6-5-8-16(18)2/h5-14H,1-4H3/q+1/i1D3,2D3. The van der Waals surface area contributed by atoms with Crippen molar-refractivity contribution in [1.82, 2.24) is 0 Å². The van der Waals surface area contributed by atoms with Crippen molar-refractivity contribution in [1.29, 1.82) is 0 Å². The first-order chi connectivity index (χ1) is 13.0. The van der Waals surface area contributed by atoms with E-state index in [1.165, 1.54) is 0 Å². The van der Waals surface area contributed by atoms with Crippen molar-refractivity contribution in [2.75, 3.05) is 0 Å². The Balaban J connectivity index is 2.17. The van der Waals surface area contributed by atoms with E-state index < -0.39 is 13.7 Å². The van der Waals surface area contributed by atoms with Gasteiger partial charge in [0.2, 0.25) is 5.69 Å². The first kappa shape index (κ1) is 8.89. The van der Waals surface area contributed by atoms with Crippen molar-refractivity contribution in [2.24, 2.45) is 7.05 Å². The maximum Gasteiger partial charge on any atom is 0.212 e. The van der Waals surface area contributed by atoms with Gasteiger partial charge in [-0.05, 0) is 55.0 Å². The Bertz CT molecular complexity index is 1020. The molecule has 0 saturated heterocycles. The Kier molecular flexibility index (Phi) is 2.33. The second kappa shape index (κ2) is 5.76. The number of hydrogen-bond acceptors (Lipinski definition) is 0. The van der Waals surface area contributed by atoms with E-state index in [2.05, 4.69) is 0 Å². The fourth-order valence-corrected chi connectivity index (χ4v) is 2.81. The lowest BCUT2D eigenvalue weighted by molar-refractivity contribution is -0.660. The third-order valence-corrected chi connectivity index (χ3v) is 3.96. The van der Waals surface area contributed by atoms with Gasteiger partial charge in [0.05, 0.1) is 0 Å². The third-order valence-electron chi connectivity index (χ3n) is 3.96. The summed E-state index contributed by atoms with van der Waals surface area (Å²) in [7, 11) is 1.81. The fraction of sp³-hybridized carbons (Fsp3) is 0.190. The molecule has 1 aromatic heterocycles. The molecular weight excluding hydrogens is 266 g/mol. The molecule has 0 radical (unpaired) electrons. The van der Waals surface area contributed by atoms with Crippen molar-refractivity contribution in [3.8, 4) is 22.4 Å². The zero-order chi connectivity index (χ0) is 20.7. The molecule has 0 aliphatic heterocycles. The highest BCUT2D eigenvalue weighted by atomic mass is 14.9. The molecular formula is C21H22N+. The summed E-state index contributed by atoms with van der Waals surface area (Å²) in [5, 5.41) is 0. The lowest BCUT2D eigenvalue weighted by Crippen LogP contribution is -2.31. The third kappa shape index (κ3) is 2.55. The molecule has 22 heavy (non-hydrogen) atoms. The molecule has 0 aliphatic carbocycles. The highest BCUT2D eigenvalue weighted by molar-refractivity contribution is 5.77. The van der Waals surface area contributed by atoms with Crippen LogP contribution in [0.15, 0.2) is 60.8 Å². The Morgan fingerprint density at radius 1 is 0.818 bits per heavy atom. The summed E-state index contributed by atoms with van der Waals surface area (Å²) in [5.41, 5.74) is 4.86. The molecule has 0 atom stereocenters. The van der Waals surface area contributed by atoms with Gasteiger partial charge in [-0.2, -0.15) is 0 Å². The lowest BCUT2D eigenvalue weighted by atomic mass is 9.92. The zero-order valence-electron chi connectivity index (χ0n) is 18.7. The maximum absolute atomic E-state index is 7.84. The van der Waals surface area contributed by atoms with Crippen LogP contribution in [0, 0.1) is 20.6 Å². The number of aryl methyl sites for hydroxylation is 3. The molecule has 0 fully saturated rings. The van der Waals surface area contributed by atoms with Gasteiger partial charge in [-0.1, -0.05) is 36.4 Å². The van der Waals surface area contributed by atoms with Crippen LogP contribution < -0.4 is 4.57 Å². The molecule has 0 aliphatic rings. The molecule has 1 heterocycles. The van der Waals surface area contributed by atoms with Gasteiger partial charge in [-0.25, -0.2) is 4.57 Å². The number of benzene rings is 2. The first-order valence-electron chi connectivity index (χ1n) is 10.2. The van der Waals surface area contributed by atoms with Crippen molar-refractivity contribution in [3.05, 3.63) is 77.5 Å². The van der Waals surface area contributed by atoms with Gasteiger partial charge in [0, 0.05) is 25.4 Å². The molecule has 1 nitrogen and oxygen atoms in total. The molecule has 2 aromatic carbocycles. The van der Waals surface area contributed by atoms with E-state index in [4.69, 9.17) is 8.22 Å². The Morgan fingerprint density at radius 3 is 2.36 bits per heavy atom. The highest BCUT2D eigenvalue weighted by Crippen LogP contribution is 2.32. The van der Waals surface area contributed by atoms with E-state index in [-0.39, 0.29) is 5.56 Å². The van der Waals surface area contributed by atoms with E-state index in [1.54, 1.807) is 35.0 Å². The topological polar surface area (TPSA) is 3.88 Å². The van der Waals surface area contributed by atoms with Crippen LogP contribution >= 0.6 is 0 Å². The number of nitrogens with zero attached hydrogens (tertiary/aromatic N) is 1. The molecule has 0 unspecified atom stereocenters. The van der Waals surface area contributed by atoms with Gasteiger partial charge in [0.25, 0.3) is 0 Å². The average Bonchev–Trinajstić information content (AvgIpc) is 2.61. The molecule has 1 heteroatoms. The summed E-state index contributed by atoms with van der Waals surface area (Å²) in [6, 6.07) is 16.2. The fourth-order valence-electron chi connectivity index (χ4n) is 2.81. The summed E-state index contributed by atoms with van der Waals surface area (Å²) >= 11 is 0. The van der Waals surface area contributed by atoms with E-state index in [1.807, 2.05) is 44.3 Å². The largest absolute Gasteiger partial charge is 0.212 e. The minimum Gasteiger partial charge on any atom is -0.201 e. The Labute approximate surface area is 141 Å². The van der Waals surface area contributed by atoms with Crippen LogP contribution in [0.5, 0.6) is 0 Å². The van der Waals surface area contributed by atoms with E-state index in [0.717, 1.165) is 22.4 Å². The predicted molar refractivity (Wildman–Crippen MR) is 92.7 cm³/mol. The number of aromatic nitrogens is 1. The van der Waals surface area contributed by atoms with Crippen LogP contribution in [0.4, 0.5) is 0 Å². The van der Waals surface area contributed by atoms with E-state index >= 15 is 0 Å². The van der Waals surface area contributed by atoms with Crippen LogP contribution in [-0.2, 0) is 7.05 Å². The molecule has 0 saturated carbocycles. The summed E-state index contributed by atoms with van der Waals surface area (Å²) in [4.78, 5) is 0. The highest BCUT2D eigenvalue weighted by Gasteiger charge is 2.15. The SMILES string of the molecule is [2H]C([2H])([2H])c1ccc(-c2cccc(-c3ccccc3C([2H])([2H])[2H])c2C)[n+](C)c1. The molecule has 0 N–H and O–H groups in total. The lowest BCUT2D eigenvalue weighted by Gasteiger charge is -2.12. The smallest absolute Gasteiger partial charge is 0.201 e. The molecule has 0 spiro atoms. The normalized spacial score (nSPS) is 15.9. The monoisotopic (exact) mass is 294 g/mol. The van der Waals surface area contributed by atoms with Crippen LogP contribution in [0.25, 0.3) is 22.4 Å². The van der Waals surface area contributed by atoms with Crippen molar-refractivity contribution in [2.45, 2.75) is 20.6 Å². The molecule has 0 bridgehead atoms. The molecule has 0 amide bonds. The van der Waals surface area contributed by atoms with Gasteiger partial charge >= 0.3 is 0 Å². The quantitative estimate of drug-likeness (QED) is 0.599. The second-order valence-corrected chi connectivity index (χ2v) is 5.44. The Hall–Kier alpha value is -2.41. The number of hydrogen-bond donors (Lipinski definition) is 0.